The Morgan fingerprint density at radius 1 is 1.00 bits per heavy atom. The van der Waals surface area contributed by atoms with E-state index in [4.69, 9.17) is 0 Å². The molecule has 0 unspecified atom stereocenters. The minimum Gasteiger partial charge on any atom is -1.00 e. The van der Waals surface area contributed by atoms with Gasteiger partial charge in [0.1, 0.15) is 0 Å². The molecule has 0 bridgehead atoms. The van der Waals surface area contributed by atoms with Crippen LogP contribution in [0.2, 0.25) is 0 Å². The van der Waals surface area contributed by atoms with Gasteiger partial charge in [-0.1, -0.05) is 0 Å². The van der Waals surface area contributed by atoms with E-state index in [0.717, 1.165) is 0 Å². The van der Waals surface area contributed by atoms with Crippen LogP contribution in [0.15, 0.2) is 0 Å². The summed E-state index contributed by atoms with van der Waals surface area (Å²) in [6, 6.07) is 0. The van der Waals surface area contributed by atoms with Gasteiger partial charge >= 0.3 is 23.1 Å². The fraction of sp³-hybridized carbons (Fsp3) is 0. The Kier molecular flexibility index (Phi) is 263. The minimum absolute atomic E-state index is 0. The van der Waals surface area contributed by atoms with Gasteiger partial charge in [-0.3, -0.25) is 0 Å². The molecule has 0 aromatic rings. The third-order valence-electron chi connectivity index (χ3n) is 0. The van der Waals surface area contributed by atoms with Crippen LogP contribution in [0.25, 0.3) is 0 Å². The second-order valence-corrected chi connectivity index (χ2v) is 0. The Hall–Kier alpha value is 2.84. The predicted molar refractivity (Wildman–Crippen MR) is 7.98 cm³/mol. The van der Waals surface area contributed by atoms with Crippen LogP contribution in [0.1, 0.15) is 2.85 Å². The molecule has 0 fully saturated rings. The smallest absolute Gasteiger partial charge is 1.00 e. The van der Waals surface area contributed by atoms with Gasteiger partial charge in [0, 0.05) is 68.3 Å². The van der Waals surface area contributed by atoms with E-state index in [1.165, 1.54) is 0 Å². The van der Waals surface area contributed by atoms with Crippen molar-refractivity contribution in [1.29, 1.82) is 0 Å². The van der Waals surface area contributed by atoms with Gasteiger partial charge in [0.25, 0.3) is 0 Å². The van der Waals surface area contributed by atoms with Gasteiger partial charge in [0.05, 0.1) is 0 Å². The van der Waals surface area contributed by atoms with Crippen LogP contribution in [0.5, 0.6) is 0 Å². The van der Waals surface area contributed by atoms with Gasteiger partial charge in [0.2, 0.25) is 0 Å². The molecule has 0 aliphatic heterocycles. The molecule has 0 rings (SSSR count). The van der Waals surface area contributed by atoms with Crippen LogP contribution >= 0.6 is 0 Å². The molecule has 0 nitrogen and oxygen atoms in total. The Morgan fingerprint density at radius 2 is 1.00 bits per heavy atom. The van der Waals surface area contributed by atoms with Crippen LogP contribution < -0.4 is 0 Å². The summed E-state index contributed by atoms with van der Waals surface area (Å²) in [7, 11) is 0. The fourth-order valence-electron chi connectivity index (χ4n) is 0. The van der Waals surface area contributed by atoms with E-state index in [0.29, 0.717) is 0 Å². The average molecular weight is 244 g/mol. The summed E-state index contributed by atoms with van der Waals surface area (Å²) in [6.07, 6.45) is 0. The molecule has 0 aromatic heterocycles. The molecule has 0 atom stereocenters. The average Bonchev–Trinajstić information content (AvgIpc) is 0. The summed E-state index contributed by atoms with van der Waals surface area (Å²) in [5.41, 5.74) is 0. The second-order valence-electron chi connectivity index (χ2n) is 0. The molecule has 0 heterocycles. The van der Waals surface area contributed by atoms with E-state index >= 15 is 0 Å². The van der Waals surface area contributed by atoms with Gasteiger partial charge in [-0.25, -0.2) is 0 Å². The largest absolute Gasteiger partial charge is 2.00 e. The van der Waals surface area contributed by atoms with Crippen molar-refractivity contribution in [2.75, 3.05) is 0 Å². The van der Waals surface area contributed by atoms with Crippen molar-refractivity contribution < 1.29 is 71.1 Å². The van der Waals surface area contributed by atoms with Crippen LogP contribution in [-0.2, 0) is 68.3 Å². The van der Waals surface area contributed by atoms with Crippen molar-refractivity contribution >= 4 is 23.1 Å². The molecule has 0 saturated carbocycles. The van der Waals surface area contributed by atoms with Crippen molar-refractivity contribution in [3.05, 3.63) is 0 Å². The minimum atomic E-state index is 0. The zero-order valence-electron chi connectivity index (χ0n) is 4.22. The molecule has 0 spiro atoms. The van der Waals surface area contributed by atoms with Gasteiger partial charge in [-0.2, -0.15) is 0 Å². The van der Waals surface area contributed by atoms with E-state index in [1.54, 1.807) is 0 Å². The number of hydrogen-bond acceptors (Lipinski definition) is 0. The first-order valence-electron chi connectivity index (χ1n) is 0. The van der Waals surface area contributed by atoms with E-state index < -0.39 is 0 Å². The van der Waals surface area contributed by atoms with Crippen molar-refractivity contribution in [1.82, 2.24) is 0 Å². The Morgan fingerprint density at radius 3 is 1.00 bits per heavy atom. The molecule has 0 aromatic carbocycles. The Bertz CT molecular complexity index is 15.7. The van der Waals surface area contributed by atoms with Crippen LogP contribution in [0.4, 0.5) is 0 Å². The standard InChI is InChI=1S/2Cr.Mg.Mn.Ni.2H/q;;+2;;;2*-1. The molecule has 1 radical (unpaired) electrons. The normalized spacial score (nSPS) is 0. The summed E-state index contributed by atoms with van der Waals surface area (Å²) in [5.74, 6) is 0. The summed E-state index contributed by atoms with van der Waals surface area (Å²) in [6.45, 7) is 0. The Labute approximate surface area is 93.0 Å². The first-order valence-corrected chi connectivity index (χ1v) is 0. The summed E-state index contributed by atoms with van der Waals surface area (Å²) in [5, 5.41) is 0. The monoisotopic (exact) mass is 243 g/mol. The van der Waals surface area contributed by atoms with Gasteiger partial charge in [-0.05, 0) is 0 Å². The first kappa shape index (κ1) is 45.4. The fourth-order valence-corrected chi connectivity index (χ4v) is 0. The molecule has 0 aliphatic rings. The zero-order chi connectivity index (χ0) is 0. The topological polar surface area (TPSA) is 0 Å². The van der Waals surface area contributed by atoms with Crippen molar-refractivity contribution in [2.45, 2.75) is 0 Å². The molecular weight excluding hydrogens is 242 g/mol. The molecule has 0 aliphatic carbocycles. The predicted octanol–water partition coefficient (Wildman–Crippen LogP) is -0.166. The van der Waals surface area contributed by atoms with Crippen molar-refractivity contribution in [2.24, 2.45) is 0 Å². The zero-order valence-corrected chi connectivity index (χ0v) is 8.35. The van der Waals surface area contributed by atoms with Gasteiger partial charge in [0.15, 0.2) is 0 Å². The number of hydrogen-bond donors (Lipinski definition) is 0. The summed E-state index contributed by atoms with van der Waals surface area (Å²) < 4.78 is 0. The first-order chi connectivity index (χ1) is 0. The molecular formula is H2Cr2MgMnNi. The molecule has 0 saturated heterocycles. The molecule has 33 valence electrons. The van der Waals surface area contributed by atoms with E-state index in [1.807, 2.05) is 0 Å². The summed E-state index contributed by atoms with van der Waals surface area (Å²) in [4.78, 5) is 0. The third kappa shape index (κ3) is 19.9. The SMILES string of the molecule is [Cr].[Cr].[H-].[H-].[Mg+2].[Mn].[Ni]. The number of rotatable bonds is 0. The Balaban J connectivity index is 0. The van der Waals surface area contributed by atoms with Crippen molar-refractivity contribution in [3.63, 3.8) is 0 Å². The van der Waals surface area contributed by atoms with Gasteiger partial charge < -0.3 is 2.85 Å². The molecule has 5 heavy (non-hydrogen) atoms. The maximum atomic E-state index is 0. The third-order valence-corrected chi connectivity index (χ3v) is 0. The maximum Gasteiger partial charge on any atom is 2.00 e. The van der Waals surface area contributed by atoms with Crippen LogP contribution in [0, 0.1) is 0 Å². The van der Waals surface area contributed by atoms with Crippen molar-refractivity contribution in [3.8, 4) is 0 Å². The van der Waals surface area contributed by atoms with E-state index in [9.17, 15) is 0 Å². The van der Waals surface area contributed by atoms with Crippen LogP contribution in [0.3, 0.4) is 0 Å². The molecule has 0 amide bonds. The summed E-state index contributed by atoms with van der Waals surface area (Å²) >= 11 is 0. The molecule has 0 N–H and O–H groups in total. The van der Waals surface area contributed by atoms with E-state index in [2.05, 4.69) is 0 Å². The molecule has 5 heteroatoms. The second kappa shape index (κ2) is 28.9. The maximum absolute atomic E-state index is 0. The van der Waals surface area contributed by atoms with Crippen LogP contribution in [-0.4, -0.2) is 23.1 Å². The van der Waals surface area contributed by atoms with Gasteiger partial charge in [-0.15, -0.1) is 0 Å². The quantitative estimate of drug-likeness (QED) is 0.519. The van der Waals surface area contributed by atoms with E-state index in [-0.39, 0.29) is 94.2 Å².